The van der Waals surface area contributed by atoms with Gasteiger partial charge in [-0.25, -0.2) is 9.37 Å². The number of halogens is 2. The number of ether oxygens (including phenoxy) is 2. The third-order valence-electron chi connectivity index (χ3n) is 3.58. The molecule has 0 atom stereocenters. The molecule has 1 amide bonds. The first kappa shape index (κ1) is 18.3. The molecule has 0 aliphatic heterocycles. The van der Waals surface area contributed by atoms with E-state index in [1.807, 2.05) is 6.07 Å². The van der Waals surface area contributed by atoms with E-state index in [0.717, 1.165) is 5.56 Å². The lowest BCUT2D eigenvalue weighted by atomic mass is 10.1. The van der Waals surface area contributed by atoms with Gasteiger partial charge in [0.05, 0.1) is 25.5 Å². The van der Waals surface area contributed by atoms with Crippen LogP contribution in [0.4, 0.5) is 9.52 Å². The number of methoxy groups -OCH3 is 2. The number of benzene rings is 2. The number of thiazole rings is 1. The Morgan fingerprint density at radius 1 is 1.15 bits per heavy atom. The Labute approximate surface area is 161 Å². The Morgan fingerprint density at radius 3 is 2.62 bits per heavy atom. The summed E-state index contributed by atoms with van der Waals surface area (Å²) in [6.07, 6.45) is 0. The van der Waals surface area contributed by atoms with Gasteiger partial charge in [-0.05, 0) is 36.4 Å². The lowest BCUT2D eigenvalue weighted by Gasteiger charge is -2.08. The Hall–Kier alpha value is -2.45. The molecule has 1 N–H and O–H groups in total. The van der Waals surface area contributed by atoms with E-state index in [1.165, 1.54) is 23.5 Å². The third-order valence-corrected chi connectivity index (χ3v) is 4.83. The molecule has 0 aliphatic rings. The maximum Gasteiger partial charge on any atom is 0.260 e. The van der Waals surface area contributed by atoms with Crippen molar-refractivity contribution in [3.8, 4) is 22.8 Å². The smallest absolute Gasteiger partial charge is 0.260 e. The topological polar surface area (TPSA) is 60.5 Å². The standard InChI is InChI=1S/C18H14BrFN2O3S/c1-24-15-6-3-10(7-16(15)25-2)14-9-26-18(21-14)22-17(23)12-5-4-11(19)8-13(12)20/h3-9H,1-2H3,(H,21,22,23). The van der Waals surface area contributed by atoms with Gasteiger partial charge >= 0.3 is 0 Å². The van der Waals surface area contributed by atoms with Crippen molar-refractivity contribution in [2.75, 3.05) is 19.5 Å². The van der Waals surface area contributed by atoms with E-state index < -0.39 is 11.7 Å². The molecule has 0 aliphatic carbocycles. The van der Waals surface area contributed by atoms with Crippen molar-refractivity contribution in [1.82, 2.24) is 4.98 Å². The first-order chi connectivity index (χ1) is 12.5. The van der Waals surface area contributed by atoms with Crippen molar-refractivity contribution < 1.29 is 18.7 Å². The van der Waals surface area contributed by atoms with Crippen LogP contribution in [0.1, 0.15) is 10.4 Å². The average molecular weight is 437 g/mol. The number of rotatable bonds is 5. The second-order valence-electron chi connectivity index (χ2n) is 5.19. The van der Waals surface area contributed by atoms with Crippen molar-refractivity contribution >= 4 is 38.3 Å². The Kier molecular flexibility index (Phi) is 5.53. The summed E-state index contributed by atoms with van der Waals surface area (Å²) >= 11 is 4.42. The molecular formula is C18H14BrFN2O3S. The quantitative estimate of drug-likeness (QED) is 0.612. The molecule has 134 valence electrons. The highest BCUT2D eigenvalue weighted by Crippen LogP contribution is 2.33. The van der Waals surface area contributed by atoms with Crippen LogP contribution in [0.25, 0.3) is 11.3 Å². The van der Waals surface area contributed by atoms with E-state index in [4.69, 9.17) is 9.47 Å². The molecule has 0 fully saturated rings. The van der Waals surface area contributed by atoms with E-state index in [9.17, 15) is 9.18 Å². The lowest BCUT2D eigenvalue weighted by Crippen LogP contribution is -2.13. The van der Waals surface area contributed by atoms with Crippen LogP contribution in [0, 0.1) is 5.82 Å². The molecule has 0 bridgehead atoms. The summed E-state index contributed by atoms with van der Waals surface area (Å²) in [6, 6.07) is 9.69. The van der Waals surface area contributed by atoms with Crippen molar-refractivity contribution in [2.45, 2.75) is 0 Å². The van der Waals surface area contributed by atoms with Crippen LogP contribution in [-0.2, 0) is 0 Å². The minimum Gasteiger partial charge on any atom is -0.493 e. The highest BCUT2D eigenvalue weighted by Gasteiger charge is 2.15. The average Bonchev–Trinajstić information content (AvgIpc) is 3.09. The van der Waals surface area contributed by atoms with Crippen LogP contribution in [0.15, 0.2) is 46.3 Å². The first-order valence-electron chi connectivity index (χ1n) is 7.46. The molecule has 0 radical (unpaired) electrons. The number of anilines is 1. The number of nitrogens with one attached hydrogen (secondary N) is 1. The van der Waals surface area contributed by atoms with Crippen LogP contribution in [-0.4, -0.2) is 25.1 Å². The Balaban J connectivity index is 1.81. The zero-order valence-electron chi connectivity index (χ0n) is 13.9. The summed E-state index contributed by atoms with van der Waals surface area (Å²) in [5, 5.41) is 4.79. The number of amides is 1. The second-order valence-corrected chi connectivity index (χ2v) is 6.96. The van der Waals surface area contributed by atoms with Gasteiger partial charge in [0.2, 0.25) is 0 Å². The van der Waals surface area contributed by atoms with Gasteiger partial charge in [0.25, 0.3) is 5.91 Å². The van der Waals surface area contributed by atoms with E-state index >= 15 is 0 Å². The zero-order chi connectivity index (χ0) is 18.7. The van der Waals surface area contributed by atoms with Crippen molar-refractivity contribution in [3.63, 3.8) is 0 Å². The van der Waals surface area contributed by atoms with Gasteiger partial charge in [0.15, 0.2) is 16.6 Å². The Bertz CT molecular complexity index is 961. The molecule has 5 nitrogen and oxygen atoms in total. The van der Waals surface area contributed by atoms with Crippen LogP contribution < -0.4 is 14.8 Å². The molecule has 0 saturated heterocycles. The summed E-state index contributed by atoms with van der Waals surface area (Å²) in [4.78, 5) is 16.6. The van der Waals surface area contributed by atoms with Crippen molar-refractivity contribution in [2.24, 2.45) is 0 Å². The summed E-state index contributed by atoms with van der Waals surface area (Å²) in [7, 11) is 3.12. The van der Waals surface area contributed by atoms with Gasteiger partial charge in [0.1, 0.15) is 5.82 Å². The van der Waals surface area contributed by atoms with Gasteiger partial charge in [0, 0.05) is 15.4 Å². The fourth-order valence-electron chi connectivity index (χ4n) is 2.30. The SMILES string of the molecule is COc1ccc(-c2csc(NC(=O)c3ccc(Br)cc3F)n2)cc1OC. The summed E-state index contributed by atoms with van der Waals surface area (Å²) in [6.45, 7) is 0. The molecule has 26 heavy (non-hydrogen) atoms. The van der Waals surface area contributed by atoms with Gasteiger partial charge < -0.3 is 9.47 Å². The fraction of sp³-hybridized carbons (Fsp3) is 0.111. The predicted octanol–water partition coefficient (Wildman–Crippen LogP) is 4.98. The second kappa shape index (κ2) is 7.84. The molecule has 0 unspecified atom stereocenters. The van der Waals surface area contributed by atoms with Crippen molar-refractivity contribution in [3.05, 3.63) is 57.6 Å². The largest absolute Gasteiger partial charge is 0.493 e. The lowest BCUT2D eigenvalue weighted by molar-refractivity contribution is 0.102. The monoisotopic (exact) mass is 436 g/mol. The van der Waals surface area contributed by atoms with Gasteiger partial charge in [-0.15, -0.1) is 11.3 Å². The van der Waals surface area contributed by atoms with Crippen molar-refractivity contribution in [1.29, 1.82) is 0 Å². The number of nitrogens with zero attached hydrogens (tertiary/aromatic N) is 1. The van der Waals surface area contributed by atoms with Crippen LogP contribution in [0.5, 0.6) is 11.5 Å². The minimum atomic E-state index is -0.603. The molecule has 3 rings (SSSR count). The third kappa shape index (κ3) is 3.86. The molecule has 2 aromatic carbocycles. The highest BCUT2D eigenvalue weighted by molar-refractivity contribution is 9.10. The summed E-state index contributed by atoms with van der Waals surface area (Å²) < 4.78 is 25.0. The van der Waals surface area contributed by atoms with E-state index in [1.54, 1.807) is 37.8 Å². The van der Waals surface area contributed by atoms with Gasteiger partial charge in [-0.3, -0.25) is 10.1 Å². The number of carbonyl (C=O) groups is 1. The molecular weight excluding hydrogens is 423 g/mol. The molecule has 0 saturated carbocycles. The summed E-state index contributed by atoms with van der Waals surface area (Å²) in [5.41, 5.74) is 1.44. The normalized spacial score (nSPS) is 10.5. The molecule has 0 spiro atoms. The van der Waals surface area contributed by atoms with E-state index in [2.05, 4.69) is 26.2 Å². The molecule has 1 aromatic heterocycles. The molecule has 1 heterocycles. The number of aromatic nitrogens is 1. The van der Waals surface area contributed by atoms with E-state index in [0.29, 0.717) is 26.8 Å². The van der Waals surface area contributed by atoms with E-state index in [-0.39, 0.29) is 5.56 Å². The zero-order valence-corrected chi connectivity index (χ0v) is 16.3. The maximum atomic E-state index is 13.9. The molecule has 8 heteroatoms. The van der Waals surface area contributed by atoms with Gasteiger partial charge in [-0.2, -0.15) is 0 Å². The Morgan fingerprint density at radius 2 is 1.92 bits per heavy atom. The molecule has 3 aromatic rings. The van der Waals surface area contributed by atoms with Gasteiger partial charge in [-0.1, -0.05) is 15.9 Å². The number of hydrogen-bond donors (Lipinski definition) is 1. The highest BCUT2D eigenvalue weighted by atomic mass is 79.9. The fourth-order valence-corrected chi connectivity index (χ4v) is 3.35. The van der Waals surface area contributed by atoms with Crippen LogP contribution in [0.2, 0.25) is 0 Å². The number of carbonyl (C=O) groups excluding carboxylic acids is 1. The van der Waals surface area contributed by atoms with Crippen LogP contribution in [0.3, 0.4) is 0 Å². The van der Waals surface area contributed by atoms with Crippen LogP contribution >= 0.6 is 27.3 Å². The minimum absolute atomic E-state index is 0.0453. The maximum absolute atomic E-state index is 13.9. The predicted molar refractivity (Wildman–Crippen MR) is 103 cm³/mol. The first-order valence-corrected chi connectivity index (χ1v) is 9.13. The number of hydrogen-bond acceptors (Lipinski definition) is 5. The summed E-state index contributed by atoms with van der Waals surface area (Å²) in [5.74, 6) is 0.0444.